The van der Waals surface area contributed by atoms with Crippen molar-refractivity contribution in [2.45, 2.75) is 22.2 Å². The van der Waals surface area contributed by atoms with Gasteiger partial charge in [0.05, 0.1) is 6.04 Å². The first-order valence-corrected chi connectivity index (χ1v) is 13.0. The Hall–Kier alpha value is -1.60. The van der Waals surface area contributed by atoms with Crippen molar-refractivity contribution < 1.29 is 9.72 Å². The average Bonchev–Trinajstić information content (AvgIpc) is 3.12. The standard InChI is InChI=1S/C19H18N4O3S5/c20-17(27)30-9-14(31-18(21)28)13-8-29-16-19(23(25)26,15(24)22(13)16)12-7-3-5-10-4-1-2-6-11(10)12/h1-7,13-14,16H,8-9H2,(H2,20,27)(H2,21,28)/t13?,14?,16-,19?/m0/s1. The lowest BCUT2D eigenvalue weighted by Gasteiger charge is -2.48. The van der Waals surface area contributed by atoms with Crippen LogP contribution in [-0.4, -0.2) is 52.5 Å². The van der Waals surface area contributed by atoms with Gasteiger partial charge in [0.25, 0.3) is 0 Å². The highest BCUT2D eigenvalue weighted by Gasteiger charge is 2.76. The van der Waals surface area contributed by atoms with Crippen LogP contribution in [0.2, 0.25) is 0 Å². The zero-order valence-corrected chi connectivity index (χ0v) is 20.1. The van der Waals surface area contributed by atoms with E-state index in [1.165, 1.54) is 35.3 Å². The Bertz CT molecular complexity index is 1090. The lowest BCUT2D eigenvalue weighted by atomic mass is 9.78. The zero-order chi connectivity index (χ0) is 22.3. The molecule has 3 unspecified atom stereocenters. The molecule has 1 amide bonds. The maximum atomic E-state index is 13.5. The van der Waals surface area contributed by atoms with E-state index in [1.54, 1.807) is 17.0 Å². The number of amides is 1. The molecule has 0 radical (unpaired) electrons. The van der Waals surface area contributed by atoms with Crippen molar-refractivity contribution in [3.63, 3.8) is 0 Å². The van der Waals surface area contributed by atoms with Crippen molar-refractivity contribution >= 4 is 85.0 Å². The van der Waals surface area contributed by atoms with E-state index in [-0.39, 0.29) is 15.6 Å². The number of fused-ring (bicyclic) bond motifs is 2. The SMILES string of the molecule is NC(=S)SCC(SC(N)=S)C1CS[C@@H]2N1C(=O)C2(c1cccc2ccccc12)[N+](=O)[O-]. The van der Waals surface area contributed by atoms with Crippen LogP contribution in [0.5, 0.6) is 0 Å². The molecule has 4 atom stereocenters. The predicted molar refractivity (Wildman–Crippen MR) is 137 cm³/mol. The molecule has 2 heterocycles. The van der Waals surface area contributed by atoms with Gasteiger partial charge in [-0.1, -0.05) is 90.4 Å². The summed E-state index contributed by atoms with van der Waals surface area (Å²) < 4.78 is 0.547. The molecule has 4 rings (SSSR count). The molecule has 2 aromatic rings. The highest BCUT2D eigenvalue weighted by Crippen LogP contribution is 2.55. The summed E-state index contributed by atoms with van der Waals surface area (Å²) in [5, 5.41) is 13.2. The summed E-state index contributed by atoms with van der Waals surface area (Å²) in [4.78, 5) is 27.2. The van der Waals surface area contributed by atoms with Crippen LogP contribution in [0.3, 0.4) is 0 Å². The van der Waals surface area contributed by atoms with Crippen LogP contribution >= 0.6 is 59.7 Å². The van der Waals surface area contributed by atoms with Gasteiger partial charge in [0.15, 0.2) is 5.37 Å². The largest absolute Gasteiger partial charge is 0.385 e. The van der Waals surface area contributed by atoms with Crippen molar-refractivity contribution in [3.05, 3.63) is 58.1 Å². The Labute approximate surface area is 202 Å². The number of thioether (sulfide) groups is 3. The Balaban J connectivity index is 1.72. The topological polar surface area (TPSA) is 115 Å². The second kappa shape index (κ2) is 8.74. The third-order valence-electron chi connectivity index (χ3n) is 5.53. The molecule has 2 saturated heterocycles. The average molecular weight is 511 g/mol. The van der Waals surface area contributed by atoms with Gasteiger partial charge >= 0.3 is 11.4 Å². The monoisotopic (exact) mass is 510 g/mol. The van der Waals surface area contributed by atoms with Gasteiger partial charge < -0.3 is 16.4 Å². The Morgan fingerprint density at radius 2 is 1.97 bits per heavy atom. The number of nitrogens with two attached hydrogens (primary N) is 2. The van der Waals surface area contributed by atoms with Crippen molar-refractivity contribution in [3.8, 4) is 0 Å². The third-order valence-corrected chi connectivity index (χ3v) is 9.62. The molecule has 2 aromatic carbocycles. The summed E-state index contributed by atoms with van der Waals surface area (Å²) in [7, 11) is 0. The number of hydrogen-bond acceptors (Lipinski definition) is 8. The Morgan fingerprint density at radius 3 is 2.65 bits per heavy atom. The molecule has 12 heteroatoms. The van der Waals surface area contributed by atoms with Crippen LogP contribution in [0.4, 0.5) is 0 Å². The fourth-order valence-corrected chi connectivity index (χ4v) is 8.38. The second-order valence-corrected chi connectivity index (χ2v) is 12.0. The van der Waals surface area contributed by atoms with Crippen molar-refractivity contribution in [1.29, 1.82) is 0 Å². The summed E-state index contributed by atoms with van der Waals surface area (Å²) in [6, 6.07) is 12.5. The fourth-order valence-electron chi connectivity index (χ4n) is 4.24. The molecule has 0 spiro atoms. The number of carbonyl (C=O) groups is 1. The molecule has 0 aliphatic carbocycles. The highest BCUT2D eigenvalue weighted by molar-refractivity contribution is 8.25. The molecule has 0 bridgehead atoms. The number of hydrogen-bond donors (Lipinski definition) is 2. The van der Waals surface area contributed by atoms with E-state index in [0.29, 0.717) is 21.4 Å². The number of rotatable bonds is 6. The van der Waals surface area contributed by atoms with Crippen LogP contribution in [0, 0.1) is 10.1 Å². The van der Waals surface area contributed by atoms with E-state index >= 15 is 0 Å². The van der Waals surface area contributed by atoms with E-state index in [1.807, 2.05) is 30.3 Å². The number of carbonyl (C=O) groups excluding carboxylic acids is 1. The molecular weight excluding hydrogens is 493 g/mol. The van der Waals surface area contributed by atoms with Gasteiger partial charge in [0.2, 0.25) is 0 Å². The smallest absolute Gasteiger partial charge is 0.353 e. The maximum Gasteiger partial charge on any atom is 0.353 e. The summed E-state index contributed by atoms with van der Waals surface area (Å²) in [6.07, 6.45) is 0. The predicted octanol–water partition coefficient (Wildman–Crippen LogP) is 2.92. The van der Waals surface area contributed by atoms with Gasteiger partial charge in [0, 0.05) is 27.2 Å². The van der Waals surface area contributed by atoms with Crippen LogP contribution < -0.4 is 11.5 Å². The lowest BCUT2D eigenvalue weighted by Crippen LogP contribution is -2.74. The van der Waals surface area contributed by atoms with Crippen LogP contribution in [0.15, 0.2) is 42.5 Å². The minimum atomic E-state index is -1.81. The first kappa shape index (κ1) is 22.6. The van der Waals surface area contributed by atoms with E-state index in [0.717, 1.165) is 10.8 Å². The Morgan fingerprint density at radius 1 is 1.26 bits per heavy atom. The third kappa shape index (κ3) is 3.67. The molecule has 2 fully saturated rings. The lowest BCUT2D eigenvalue weighted by molar-refractivity contribution is -0.577. The fraction of sp³-hybridized carbons (Fsp3) is 0.316. The van der Waals surface area contributed by atoms with Crippen LogP contribution in [0.25, 0.3) is 10.8 Å². The van der Waals surface area contributed by atoms with Gasteiger partial charge in [-0.25, -0.2) is 0 Å². The zero-order valence-electron chi connectivity index (χ0n) is 16.0. The quantitative estimate of drug-likeness (QED) is 0.260. The molecule has 4 N–H and O–H groups in total. The summed E-state index contributed by atoms with van der Waals surface area (Å²) in [5.74, 6) is 0.566. The minimum absolute atomic E-state index is 0.164. The maximum absolute atomic E-state index is 13.5. The van der Waals surface area contributed by atoms with E-state index in [2.05, 4.69) is 0 Å². The Kier molecular flexibility index (Phi) is 6.37. The van der Waals surface area contributed by atoms with E-state index in [9.17, 15) is 14.9 Å². The molecule has 0 saturated carbocycles. The molecule has 2 aliphatic rings. The summed E-state index contributed by atoms with van der Waals surface area (Å²) >= 11 is 14.0. The van der Waals surface area contributed by atoms with Crippen molar-refractivity contribution in [2.24, 2.45) is 11.5 Å². The number of nitro groups is 1. The summed E-state index contributed by atoms with van der Waals surface area (Å²) in [6.45, 7) is 0. The second-order valence-electron chi connectivity index (χ2n) is 7.12. The molecule has 31 heavy (non-hydrogen) atoms. The van der Waals surface area contributed by atoms with Gasteiger partial charge in [-0.2, -0.15) is 0 Å². The van der Waals surface area contributed by atoms with Gasteiger partial charge in [-0.15, -0.1) is 11.8 Å². The van der Waals surface area contributed by atoms with E-state index in [4.69, 9.17) is 35.9 Å². The molecule has 7 nitrogen and oxygen atoms in total. The van der Waals surface area contributed by atoms with Gasteiger partial charge in [-0.3, -0.25) is 14.9 Å². The van der Waals surface area contributed by atoms with Crippen LogP contribution in [-0.2, 0) is 10.3 Å². The molecule has 162 valence electrons. The van der Waals surface area contributed by atoms with Gasteiger partial charge in [-0.05, 0) is 10.8 Å². The molecule has 2 aliphatic heterocycles. The number of nitrogens with zero attached hydrogens (tertiary/aromatic N) is 2. The highest BCUT2D eigenvalue weighted by atomic mass is 32.2. The van der Waals surface area contributed by atoms with Crippen molar-refractivity contribution in [1.82, 2.24) is 4.90 Å². The summed E-state index contributed by atoms with van der Waals surface area (Å²) in [5.41, 5.74) is 10.0. The normalized spacial score (nSPS) is 25.7. The van der Waals surface area contributed by atoms with E-state index < -0.39 is 21.7 Å². The first-order valence-electron chi connectivity index (χ1n) is 9.24. The van der Waals surface area contributed by atoms with Gasteiger partial charge in [0.1, 0.15) is 8.64 Å². The number of thiocarbonyl (C=S) groups is 2. The number of benzene rings is 2. The van der Waals surface area contributed by atoms with Crippen LogP contribution in [0.1, 0.15) is 5.56 Å². The molecule has 0 aromatic heterocycles. The first-order chi connectivity index (χ1) is 14.8. The van der Waals surface area contributed by atoms with Crippen molar-refractivity contribution in [2.75, 3.05) is 11.5 Å². The number of β-lactam (4-membered cyclic amide) rings is 1. The minimum Gasteiger partial charge on any atom is -0.385 e. The molecular formula is C19H18N4O3S5.